The lowest BCUT2D eigenvalue weighted by Gasteiger charge is -2.03. The molecule has 0 atom stereocenters. The van der Waals surface area contributed by atoms with E-state index in [1.54, 1.807) is 24.3 Å². The van der Waals surface area contributed by atoms with Gasteiger partial charge in [0.1, 0.15) is 5.69 Å². The van der Waals surface area contributed by atoms with Gasteiger partial charge in [-0.05, 0) is 22.0 Å². The van der Waals surface area contributed by atoms with E-state index in [4.69, 9.17) is 11.6 Å². The lowest BCUT2D eigenvalue weighted by Crippen LogP contribution is -2.14. The Bertz CT molecular complexity index is 622. The van der Waals surface area contributed by atoms with Gasteiger partial charge in [0.15, 0.2) is 0 Å². The minimum Gasteiger partial charge on any atom is -0.317 e. The third-order valence-corrected chi connectivity index (χ3v) is 3.10. The molecule has 0 radical (unpaired) electrons. The number of rotatable bonds is 2. The summed E-state index contributed by atoms with van der Waals surface area (Å²) in [5.74, 6) is -0.305. The fraction of sp³-hybridized carbons (Fsp3) is 0. The van der Waals surface area contributed by atoms with Gasteiger partial charge >= 0.3 is 0 Å². The molecule has 0 saturated heterocycles. The highest BCUT2D eigenvalue weighted by atomic mass is 79.9. The molecule has 0 unspecified atom stereocenters. The van der Waals surface area contributed by atoms with Crippen LogP contribution in [0, 0.1) is 0 Å². The molecular weight excluding hydrogens is 305 g/mol. The van der Waals surface area contributed by atoms with E-state index >= 15 is 0 Å². The lowest BCUT2D eigenvalue weighted by molar-refractivity contribution is 0.103. The highest BCUT2D eigenvalue weighted by Gasteiger charge is 2.14. The van der Waals surface area contributed by atoms with E-state index in [0.29, 0.717) is 10.0 Å². The number of hydrogen-bond acceptors (Lipinski definition) is 2. The number of carbonyl (C=O) groups excluding carboxylic acids is 1. The molecular formula is C12H7BrClNO2. The predicted octanol–water partition coefficient (Wildman–Crippen LogP) is 3.02. The molecule has 0 aliphatic carbocycles. The highest BCUT2D eigenvalue weighted by Crippen LogP contribution is 2.18. The Morgan fingerprint density at radius 2 is 1.88 bits per heavy atom. The Labute approximate surface area is 111 Å². The zero-order valence-electron chi connectivity index (χ0n) is 8.54. The van der Waals surface area contributed by atoms with Crippen LogP contribution in [0.25, 0.3) is 0 Å². The highest BCUT2D eigenvalue weighted by molar-refractivity contribution is 9.10. The van der Waals surface area contributed by atoms with Crippen LogP contribution >= 0.6 is 27.5 Å². The van der Waals surface area contributed by atoms with Crippen molar-refractivity contribution in [1.82, 2.24) is 4.98 Å². The predicted molar refractivity (Wildman–Crippen MR) is 69.6 cm³/mol. The Hall–Kier alpha value is -1.39. The molecule has 0 spiro atoms. The van der Waals surface area contributed by atoms with Gasteiger partial charge in [0.2, 0.25) is 5.78 Å². The number of ketones is 1. The number of halogens is 2. The maximum atomic E-state index is 12.1. The minimum absolute atomic E-state index is 0.103. The monoisotopic (exact) mass is 311 g/mol. The molecule has 0 aliphatic heterocycles. The van der Waals surface area contributed by atoms with Crippen LogP contribution in [0.2, 0.25) is 5.02 Å². The summed E-state index contributed by atoms with van der Waals surface area (Å²) in [6.07, 6.45) is 0. The standard InChI is InChI=1S/C12H7BrClNO2/c13-8-6-9(14)10(15-12(8)17)11(16)7-4-2-1-3-5-7/h1-6H,(H,15,17). The number of hydrogen-bond donors (Lipinski definition) is 1. The van der Waals surface area contributed by atoms with Gasteiger partial charge in [-0.25, -0.2) is 0 Å². The van der Waals surface area contributed by atoms with Crippen molar-refractivity contribution in [3.05, 3.63) is 67.5 Å². The average Bonchev–Trinajstić information content (AvgIpc) is 2.34. The normalized spacial score (nSPS) is 10.2. The molecule has 0 saturated carbocycles. The van der Waals surface area contributed by atoms with Crippen LogP contribution in [-0.2, 0) is 0 Å². The Morgan fingerprint density at radius 1 is 1.24 bits per heavy atom. The van der Waals surface area contributed by atoms with E-state index in [2.05, 4.69) is 20.9 Å². The van der Waals surface area contributed by atoms with E-state index in [0.717, 1.165) is 0 Å². The average molecular weight is 313 g/mol. The van der Waals surface area contributed by atoms with Crippen molar-refractivity contribution in [2.24, 2.45) is 0 Å². The van der Waals surface area contributed by atoms with Crippen molar-refractivity contribution in [3.8, 4) is 0 Å². The van der Waals surface area contributed by atoms with Gasteiger partial charge in [-0.2, -0.15) is 0 Å². The maximum absolute atomic E-state index is 12.1. The van der Waals surface area contributed by atoms with Gasteiger partial charge in [-0.15, -0.1) is 0 Å². The van der Waals surface area contributed by atoms with E-state index in [-0.39, 0.29) is 22.1 Å². The number of aromatic nitrogens is 1. The van der Waals surface area contributed by atoms with Crippen LogP contribution in [0.5, 0.6) is 0 Å². The fourth-order valence-corrected chi connectivity index (χ4v) is 2.08. The minimum atomic E-state index is -0.381. The van der Waals surface area contributed by atoms with Crippen LogP contribution in [0.3, 0.4) is 0 Å². The maximum Gasteiger partial charge on any atom is 0.262 e. The summed E-state index contributed by atoms with van der Waals surface area (Å²) in [6.45, 7) is 0. The number of benzene rings is 1. The van der Waals surface area contributed by atoms with E-state index < -0.39 is 0 Å². The molecule has 1 N–H and O–H groups in total. The summed E-state index contributed by atoms with van der Waals surface area (Å²) in [5.41, 5.74) is 0.201. The molecule has 0 amide bonds. The number of pyridine rings is 1. The molecule has 2 aromatic rings. The van der Waals surface area contributed by atoms with Crippen LogP contribution in [0.1, 0.15) is 16.1 Å². The van der Waals surface area contributed by atoms with Crippen molar-refractivity contribution in [2.45, 2.75) is 0 Å². The number of carbonyl (C=O) groups is 1. The second-order valence-corrected chi connectivity index (χ2v) is 4.63. The third-order valence-electron chi connectivity index (χ3n) is 2.21. The first kappa shape index (κ1) is 12.1. The Balaban J connectivity index is 2.52. The zero-order chi connectivity index (χ0) is 12.4. The first-order valence-corrected chi connectivity index (χ1v) is 5.95. The van der Waals surface area contributed by atoms with Crippen LogP contribution in [0.15, 0.2) is 45.7 Å². The molecule has 0 bridgehead atoms. The summed E-state index contributed by atoms with van der Waals surface area (Å²) < 4.78 is 0.298. The first-order valence-electron chi connectivity index (χ1n) is 4.77. The van der Waals surface area contributed by atoms with Crippen LogP contribution in [-0.4, -0.2) is 10.8 Å². The van der Waals surface area contributed by atoms with Crippen LogP contribution < -0.4 is 5.56 Å². The molecule has 1 aromatic heterocycles. The largest absolute Gasteiger partial charge is 0.317 e. The molecule has 2 rings (SSSR count). The van der Waals surface area contributed by atoms with Gasteiger partial charge < -0.3 is 4.98 Å². The molecule has 5 heteroatoms. The third kappa shape index (κ3) is 2.48. The Morgan fingerprint density at radius 3 is 2.53 bits per heavy atom. The van der Waals surface area contributed by atoms with Gasteiger partial charge in [0.25, 0.3) is 5.56 Å². The van der Waals surface area contributed by atoms with Crippen molar-refractivity contribution >= 4 is 33.3 Å². The quantitative estimate of drug-likeness (QED) is 0.867. The van der Waals surface area contributed by atoms with Crippen molar-refractivity contribution in [2.75, 3.05) is 0 Å². The number of nitrogens with one attached hydrogen (secondary N) is 1. The lowest BCUT2D eigenvalue weighted by atomic mass is 10.1. The topological polar surface area (TPSA) is 49.9 Å². The van der Waals surface area contributed by atoms with Gasteiger partial charge in [0, 0.05) is 5.56 Å². The molecule has 0 fully saturated rings. The molecule has 1 aromatic carbocycles. The van der Waals surface area contributed by atoms with E-state index in [1.165, 1.54) is 6.07 Å². The second-order valence-electron chi connectivity index (χ2n) is 3.36. The Kier molecular flexibility index (Phi) is 3.45. The van der Waals surface area contributed by atoms with Crippen molar-refractivity contribution in [3.63, 3.8) is 0 Å². The number of aromatic amines is 1. The molecule has 3 nitrogen and oxygen atoms in total. The second kappa shape index (κ2) is 4.85. The summed E-state index contributed by atoms with van der Waals surface area (Å²) >= 11 is 8.97. The van der Waals surface area contributed by atoms with Crippen molar-refractivity contribution in [1.29, 1.82) is 0 Å². The fourth-order valence-electron chi connectivity index (χ4n) is 1.38. The molecule has 1 heterocycles. The van der Waals surface area contributed by atoms with Crippen LogP contribution in [0.4, 0.5) is 0 Å². The number of H-pyrrole nitrogens is 1. The first-order chi connectivity index (χ1) is 8.09. The SMILES string of the molecule is O=C(c1ccccc1)c1[nH]c(=O)c(Br)cc1Cl. The summed E-state index contributed by atoms with van der Waals surface area (Å²) in [4.78, 5) is 25.9. The summed E-state index contributed by atoms with van der Waals surface area (Å²) in [7, 11) is 0. The van der Waals surface area contributed by atoms with Gasteiger partial charge in [-0.1, -0.05) is 41.9 Å². The summed E-state index contributed by atoms with van der Waals surface area (Å²) in [6, 6.07) is 10.0. The summed E-state index contributed by atoms with van der Waals surface area (Å²) in [5, 5.41) is 0.213. The zero-order valence-corrected chi connectivity index (χ0v) is 10.9. The van der Waals surface area contributed by atoms with E-state index in [1.807, 2.05) is 6.07 Å². The molecule has 0 aliphatic rings. The van der Waals surface area contributed by atoms with Gasteiger partial charge in [-0.3, -0.25) is 9.59 Å². The van der Waals surface area contributed by atoms with Crippen molar-refractivity contribution < 1.29 is 4.79 Å². The van der Waals surface area contributed by atoms with E-state index in [9.17, 15) is 9.59 Å². The van der Waals surface area contributed by atoms with Gasteiger partial charge in [0.05, 0.1) is 9.50 Å². The molecule has 17 heavy (non-hydrogen) atoms. The molecule has 86 valence electrons. The smallest absolute Gasteiger partial charge is 0.262 e.